The van der Waals surface area contributed by atoms with Crippen LogP contribution < -0.4 is 5.32 Å². The van der Waals surface area contributed by atoms with Gasteiger partial charge >= 0.3 is 0 Å². The number of nitrogens with one attached hydrogen (secondary N) is 1. The lowest BCUT2D eigenvalue weighted by Crippen LogP contribution is -2.25. The third-order valence-corrected chi connectivity index (χ3v) is 4.74. The van der Waals surface area contributed by atoms with Gasteiger partial charge < -0.3 is 10.1 Å². The maximum atomic E-state index is 12.5. The molecule has 4 aromatic rings. The second-order valence-corrected chi connectivity index (χ2v) is 6.67. The number of aromatic nitrogens is 3. The molecular weight excluding hydrogens is 364 g/mol. The summed E-state index contributed by atoms with van der Waals surface area (Å²) in [7, 11) is 1.64. The first kappa shape index (κ1) is 18.8. The highest BCUT2D eigenvalue weighted by atomic mass is 16.5. The van der Waals surface area contributed by atoms with E-state index in [-0.39, 0.29) is 5.91 Å². The first-order valence-electron chi connectivity index (χ1n) is 9.53. The van der Waals surface area contributed by atoms with E-state index < -0.39 is 0 Å². The fraction of sp³-hybridized carbons (Fsp3) is 0.174. The van der Waals surface area contributed by atoms with E-state index in [0.717, 1.165) is 23.2 Å². The molecule has 6 nitrogen and oxygen atoms in total. The van der Waals surface area contributed by atoms with E-state index in [1.54, 1.807) is 24.0 Å². The van der Waals surface area contributed by atoms with Crippen molar-refractivity contribution in [1.29, 1.82) is 0 Å². The Labute approximate surface area is 169 Å². The molecule has 0 spiro atoms. The molecule has 1 amide bonds. The van der Waals surface area contributed by atoms with Crippen LogP contribution in [-0.2, 0) is 4.74 Å². The molecule has 0 saturated carbocycles. The SMILES string of the molecule is COCCCNC(=O)c1cnn2c(-c3ccc(-c4ccccc4)cc3)ccnc12. The molecule has 0 fully saturated rings. The summed E-state index contributed by atoms with van der Waals surface area (Å²) in [6.07, 6.45) is 4.03. The van der Waals surface area contributed by atoms with Crippen LogP contribution in [0.3, 0.4) is 0 Å². The van der Waals surface area contributed by atoms with E-state index in [4.69, 9.17) is 4.74 Å². The molecule has 0 bridgehead atoms. The number of ether oxygens (including phenoxy) is 1. The predicted octanol–water partition coefficient (Wildman–Crippen LogP) is 3.83. The number of rotatable bonds is 7. The monoisotopic (exact) mass is 386 g/mol. The van der Waals surface area contributed by atoms with Crippen LogP contribution in [0.4, 0.5) is 0 Å². The van der Waals surface area contributed by atoms with Crippen LogP contribution in [0.15, 0.2) is 73.1 Å². The topological polar surface area (TPSA) is 68.5 Å². The van der Waals surface area contributed by atoms with E-state index in [2.05, 4.69) is 51.8 Å². The van der Waals surface area contributed by atoms with Gasteiger partial charge in [-0.25, -0.2) is 9.50 Å². The molecular formula is C23H22N4O2. The Morgan fingerprint density at radius 1 is 1.00 bits per heavy atom. The van der Waals surface area contributed by atoms with E-state index in [0.29, 0.717) is 24.4 Å². The number of fused-ring (bicyclic) bond motifs is 1. The van der Waals surface area contributed by atoms with Crippen molar-refractivity contribution in [3.63, 3.8) is 0 Å². The summed E-state index contributed by atoms with van der Waals surface area (Å²) < 4.78 is 6.72. The van der Waals surface area contributed by atoms with Gasteiger partial charge in [0.25, 0.3) is 5.91 Å². The quantitative estimate of drug-likeness (QED) is 0.490. The molecule has 4 rings (SSSR count). The second-order valence-electron chi connectivity index (χ2n) is 6.67. The van der Waals surface area contributed by atoms with E-state index in [1.165, 1.54) is 5.56 Å². The van der Waals surface area contributed by atoms with Gasteiger partial charge in [0, 0.05) is 32.0 Å². The Morgan fingerprint density at radius 3 is 2.48 bits per heavy atom. The largest absolute Gasteiger partial charge is 0.385 e. The Bertz CT molecular complexity index is 1100. The first-order chi connectivity index (χ1) is 14.3. The molecule has 0 unspecified atom stereocenters. The molecule has 2 aromatic carbocycles. The van der Waals surface area contributed by atoms with Crippen molar-refractivity contribution < 1.29 is 9.53 Å². The van der Waals surface area contributed by atoms with E-state index in [1.807, 2.05) is 24.3 Å². The minimum atomic E-state index is -0.180. The van der Waals surface area contributed by atoms with Gasteiger partial charge in [-0.2, -0.15) is 5.10 Å². The molecule has 0 aliphatic carbocycles. The maximum Gasteiger partial charge on any atom is 0.256 e. The Morgan fingerprint density at radius 2 is 1.72 bits per heavy atom. The van der Waals surface area contributed by atoms with Crippen LogP contribution in [0.25, 0.3) is 28.0 Å². The third-order valence-electron chi connectivity index (χ3n) is 4.74. The van der Waals surface area contributed by atoms with Crippen LogP contribution in [0.1, 0.15) is 16.8 Å². The van der Waals surface area contributed by atoms with Gasteiger partial charge in [-0.05, 0) is 23.6 Å². The van der Waals surface area contributed by atoms with E-state index >= 15 is 0 Å². The van der Waals surface area contributed by atoms with Crippen molar-refractivity contribution >= 4 is 11.6 Å². The smallest absolute Gasteiger partial charge is 0.256 e. The van der Waals surface area contributed by atoms with Crippen molar-refractivity contribution in [2.75, 3.05) is 20.3 Å². The van der Waals surface area contributed by atoms with Gasteiger partial charge in [-0.3, -0.25) is 4.79 Å². The average Bonchev–Trinajstić information content (AvgIpc) is 3.22. The lowest BCUT2D eigenvalue weighted by molar-refractivity contribution is 0.0950. The number of methoxy groups -OCH3 is 1. The van der Waals surface area contributed by atoms with Crippen molar-refractivity contribution in [1.82, 2.24) is 19.9 Å². The van der Waals surface area contributed by atoms with Gasteiger partial charge in [0.05, 0.1) is 11.9 Å². The van der Waals surface area contributed by atoms with Gasteiger partial charge in [0.2, 0.25) is 0 Å². The summed E-state index contributed by atoms with van der Waals surface area (Å²) >= 11 is 0. The number of hydrogen-bond donors (Lipinski definition) is 1. The number of nitrogens with zero attached hydrogens (tertiary/aromatic N) is 3. The molecule has 0 atom stereocenters. The number of carbonyl (C=O) groups is 1. The molecule has 0 radical (unpaired) electrons. The molecule has 6 heteroatoms. The van der Waals surface area contributed by atoms with Gasteiger partial charge in [0.15, 0.2) is 5.65 Å². The molecule has 146 valence electrons. The third kappa shape index (κ3) is 4.02. The number of benzene rings is 2. The summed E-state index contributed by atoms with van der Waals surface area (Å²) in [5.74, 6) is -0.180. The molecule has 1 N–H and O–H groups in total. The Kier molecular flexibility index (Phi) is 5.63. The van der Waals surface area contributed by atoms with Gasteiger partial charge in [-0.1, -0.05) is 54.6 Å². The maximum absolute atomic E-state index is 12.5. The summed E-state index contributed by atoms with van der Waals surface area (Å²) in [5, 5.41) is 7.29. The lowest BCUT2D eigenvalue weighted by atomic mass is 10.0. The summed E-state index contributed by atoms with van der Waals surface area (Å²) in [4.78, 5) is 16.9. The highest BCUT2D eigenvalue weighted by Gasteiger charge is 2.15. The fourth-order valence-corrected chi connectivity index (χ4v) is 3.25. The van der Waals surface area contributed by atoms with Crippen LogP contribution in [0, 0.1) is 0 Å². The predicted molar refractivity (Wildman–Crippen MR) is 113 cm³/mol. The van der Waals surface area contributed by atoms with Crippen molar-refractivity contribution in [2.45, 2.75) is 6.42 Å². The summed E-state index contributed by atoms with van der Waals surface area (Å²) in [5.41, 5.74) is 5.21. The van der Waals surface area contributed by atoms with Crippen LogP contribution in [0.2, 0.25) is 0 Å². The standard InChI is InChI=1S/C23H22N4O2/c1-29-15-5-13-25-23(28)20-16-26-27-21(12-14-24-22(20)27)19-10-8-18(9-11-19)17-6-3-2-4-7-17/h2-4,6-12,14,16H,5,13,15H2,1H3,(H,25,28). The van der Waals surface area contributed by atoms with Gasteiger partial charge in [-0.15, -0.1) is 0 Å². The Balaban J connectivity index is 1.60. The first-order valence-corrected chi connectivity index (χ1v) is 9.53. The molecule has 0 aliphatic heterocycles. The van der Waals surface area contributed by atoms with Crippen LogP contribution in [-0.4, -0.2) is 40.8 Å². The van der Waals surface area contributed by atoms with Crippen molar-refractivity contribution in [2.24, 2.45) is 0 Å². The molecule has 0 saturated heterocycles. The number of hydrogen-bond acceptors (Lipinski definition) is 4. The highest BCUT2D eigenvalue weighted by Crippen LogP contribution is 2.25. The minimum Gasteiger partial charge on any atom is -0.385 e. The fourth-order valence-electron chi connectivity index (χ4n) is 3.25. The lowest BCUT2D eigenvalue weighted by Gasteiger charge is -2.07. The van der Waals surface area contributed by atoms with Gasteiger partial charge in [0.1, 0.15) is 5.56 Å². The number of carbonyl (C=O) groups excluding carboxylic acids is 1. The molecule has 0 aliphatic rings. The normalized spacial score (nSPS) is 10.9. The van der Waals surface area contributed by atoms with Crippen molar-refractivity contribution in [3.05, 3.63) is 78.6 Å². The van der Waals surface area contributed by atoms with E-state index in [9.17, 15) is 4.79 Å². The van der Waals surface area contributed by atoms with Crippen LogP contribution >= 0.6 is 0 Å². The summed E-state index contributed by atoms with van der Waals surface area (Å²) in [6.45, 7) is 1.15. The minimum absolute atomic E-state index is 0.180. The zero-order valence-corrected chi connectivity index (χ0v) is 16.2. The average molecular weight is 386 g/mol. The van der Waals surface area contributed by atoms with Crippen LogP contribution in [0.5, 0.6) is 0 Å². The zero-order valence-electron chi connectivity index (χ0n) is 16.2. The Hall–Kier alpha value is -3.51. The molecule has 2 heterocycles. The van der Waals surface area contributed by atoms with Crippen molar-refractivity contribution in [3.8, 4) is 22.4 Å². The summed E-state index contributed by atoms with van der Waals surface area (Å²) in [6, 6.07) is 20.4. The number of amides is 1. The zero-order chi connectivity index (χ0) is 20.1. The second kappa shape index (κ2) is 8.67. The molecule has 29 heavy (non-hydrogen) atoms. The highest BCUT2D eigenvalue weighted by molar-refractivity contribution is 5.99. The molecule has 2 aromatic heterocycles.